The highest BCUT2D eigenvalue weighted by atomic mass is 16.3. The lowest BCUT2D eigenvalue weighted by molar-refractivity contribution is -0.124. The summed E-state index contributed by atoms with van der Waals surface area (Å²) >= 11 is 0. The minimum absolute atomic E-state index is 0.0599. The summed E-state index contributed by atoms with van der Waals surface area (Å²) in [4.78, 5) is 12.0. The van der Waals surface area contributed by atoms with E-state index in [-0.39, 0.29) is 30.3 Å². The fourth-order valence-electron chi connectivity index (χ4n) is 2.76. The molecule has 3 atom stereocenters. The SMILES string of the molecule is CC(C)C(O)CC(=O)NC1CCCCC1n1cccn1. The maximum atomic E-state index is 12.0. The predicted molar refractivity (Wildman–Crippen MR) is 77.1 cm³/mol. The number of hydrogen-bond acceptors (Lipinski definition) is 3. The van der Waals surface area contributed by atoms with Crippen molar-refractivity contribution < 1.29 is 9.90 Å². The van der Waals surface area contributed by atoms with Crippen molar-refractivity contribution in [1.29, 1.82) is 0 Å². The Labute approximate surface area is 120 Å². The minimum atomic E-state index is -0.568. The molecule has 5 nitrogen and oxygen atoms in total. The van der Waals surface area contributed by atoms with Crippen LogP contribution in [0.15, 0.2) is 18.5 Å². The number of aliphatic hydroxyl groups is 1. The molecule has 112 valence electrons. The third-order valence-corrected chi connectivity index (χ3v) is 4.10. The number of carbonyl (C=O) groups excluding carboxylic acids is 1. The van der Waals surface area contributed by atoms with E-state index in [2.05, 4.69) is 10.4 Å². The number of carbonyl (C=O) groups is 1. The number of nitrogens with zero attached hydrogens (tertiary/aromatic N) is 2. The van der Waals surface area contributed by atoms with Crippen LogP contribution in [0, 0.1) is 5.92 Å². The van der Waals surface area contributed by atoms with Crippen LogP contribution in [0.4, 0.5) is 0 Å². The Balaban J connectivity index is 1.94. The fraction of sp³-hybridized carbons (Fsp3) is 0.733. The molecule has 5 heteroatoms. The molecule has 1 aliphatic carbocycles. The van der Waals surface area contributed by atoms with Crippen LogP contribution in [0.25, 0.3) is 0 Å². The zero-order valence-corrected chi connectivity index (χ0v) is 12.3. The Morgan fingerprint density at radius 2 is 2.20 bits per heavy atom. The van der Waals surface area contributed by atoms with E-state index in [4.69, 9.17) is 0 Å². The average Bonchev–Trinajstić information content (AvgIpc) is 2.92. The van der Waals surface area contributed by atoms with E-state index in [1.54, 1.807) is 6.20 Å². The highest BCUT2D eigenvalue weighted by molar-refractivity contribution is 5.76. The van der Waals surface area contributed by atoms with Gasteiger partial charge in [-0.2, -0.15) is 5.10 Å². The third-order valence-electron chi connectivity index (χ3n) is 4.10. The van der Waals surface area contributed by atoms with Gasteiger partial charge in [0.25, 0.3) is 0 Å². The smallest absolute Gasteiger partial charge is 0.222 e. The zero-order valence-electron chi connectivity index (χ0n) is 12.3. The van der Waals surface area contributed by atoms with Crippen molar-refractivity contribution >= 4 is 5.91 Å². The van der Waals surface area contributed by atoms with Gasteiger partial charge in [-0.1, -0.05) is 26.7 Å². The summed E-state index contributed by atoms with van der Waals surface area (Å²) in [5.74, 6) is 0.0456. The maximum absolute atomic E-state index is 12.0. The summed E-state index contributed by atoms with van der Waals surface area (Å²) in [5, 5.41) is 17.2. The molecule has 1 saturated carbocycles. The molecule has 0 bridgehead atoms. The Morgan fingerprint density at radius 3 is 2.85 bits per heavy atom. The van der Waals surface area contributed by atoms with Gasteiger partial charge in [-0.15, -0.1) is 0 Å². The highest BCUT2D eigenvalue weighted by Gasteiger charge is 2.28. The molecule has 0 aromatic carbocycles. The van der Waals surface area contributed by atoms with Gasteiger partial charge in [0.15, 0.2) is 0 Å². The summed E-state index contributed by atoms with van der Waals surface area (Å²) in [7, 11) is 0. The first-order chi connectivity index (χ1) is 9.58. The van der Waals surface area contributed by atoms with E-state index in [0.29, 0.717) is 0 Å². The number of rotatable bonds is 5. The van der Waals surface area contributed by atoms with Crippen LogP contribution in [-0.2, 0) is 4.79 Å². The molecule has 0 saturated heterocycles. The Bertz CT molecular complexity index is 417. The van der Waals surface area contributed by atoms with E-state index in [0.717, 1.165) is 19.3 Å². The lowest BCUT2D eigenvalue weighted by Gasteiger charge is -2.32. The number of amides is 1. The summed E-state index contributed by atoms with van der Waals surface area (Å²) < 4.78 is 1.95. The van der Waals surface area contributed by atoms with Crippen LogP contribution in [-0.4, -0.2) is 32.9 Å². The molecular weight excluding hydrogens is 254 g/mol. The van der Waals surface area contributed by atoms with Gasteiger partial charge in [0.05, 0.1) is 24.6 Å². The minimum Gasteiger partial charge on any atom is -0.392 e. The molecule has 2 N–H and O–H groups in total. The predicted octanol–water partition coefficient (Wildman–Crippen LogP) is 1.89. The quantitative estimate of drug-likeness (QED) is 0.865. The standard InChI is InChI=1S/C15H25N3O2/c1-11(2)14(19)10-15(20)17-12-6-3-4-7-13(12)18-9-5-8-16-18/h5,8-9,11-14,19H,3-4,6-7,10H2,1-2H3,(H,17,20). The van der Waals surface area contributed by atoms with Gasteiger partial charge < -0.3 is 10.4 Å². The molecule has 1 heterocycles. The van der Waals surface area contributed by atoms with Gasteiger partial charge in [0, 0.05) is 12.4 Å². The van der Waals surface area contributed by atoms with Crippen LogP contribution in [0.3, 0.4) is 0 Å². The zero-order chi connectivity index (χ0) is 14.5. The topological polar surface area (TPSA) is 67.2 Å². The Morgan fingerprint density at radius 1 is 1.45 bits per heavy atom. The summed E-state index contributed by atoms with van der Waals surface area (Å²) in [5.41, 5.74) is 0. The third kappa shape index (κ3) is 3.82. The van der Waals surface area contributed by atoms with Crippen molar-refractivity contribution in [2.45, 2.75) is 64.1 Å². The first-order valence-corrected chi connectivity index (χ1v) is 7.54. The molecule has 20 heavy (non-hydrogen) atoms. The number of aromatic nitrogens is 2. The van der Waals surface area contributed by atoms with Crippen LogP contribution >= 0.6 is 0 Å². The molecule has 0 spiro atoms. The first kappa shape index (κ1) is 15.0. The van der Waals surface area contributed by atoms with Crippen molar-refractivity contribution in [1.82, 2.24) is 15.1 Å². The van der Waals surface area contributed by atoms with E-state index in [9.17, 15) is 9.90 Å². The van der Waals surface area contributed by atoms with E-state index in [1.165, 1.54) is 6.42 Å². The van der Waals surface area contributed by atoms with Gasteiger partial charge in [0.1, 0.15) is 0 Å². The molecular formula is C15H25N3O2. The Kier molecular flexibility index (Phi) is 5.17. The normalized spacial score (nSPS) is 24.6. The molecule has 2 rings (SSSR count). The van der Waals surface area contributed by atoms with Crippen molar-refractivity contribution in [2.75, 3.05) is 0 Å². The molecule has 1 fully saturated rings. The van der Waals surface area contributed by atoms with Crippen molar-refractivity contribution in [3.05, 3.63) is 18.5 Å². The van der Waals surface area contributed by atoms with Gasteiger partial charge in [-0.3, -0.25) is 9.48 Å². The monoisotopic (exact) mass is 279 g/mol. The first-order valence-electron chi connectivity index (χ1n) is 7.54. The molecule has 3 unspecified atom stereocenters. The highest BCUT2D eigenvalue weighted by Crippen LogP contribution is 2.28. The van der Waals surface area contributed by atoms with E-state index < -0.39 is 6.10 Å². The van der Waals surface area contributed by atoms with Gasteiger partial charge in [-0.25, -0.2) is 0 Å². The van der Waals surface area contributed by atoms with Crippen molar-refractivity contribution in [3.8, 4) is 0 Å². The van der Waals surface area contributed by atoms with Crippen LogP contribution in [0.2, 0.25) is 0 Å². The van der Waals surface area contributed by atoms with Crippen LogP contribution in [0.5, 0.6) is 0 Å². The summed E-state index contributed by atoms with van der Waals surface area (Å²) in [6, 6.07) is 2.27. The number of nitrogens with one attached hydrogen (secondary N) is 1. The second kappa shape index (κ2) is 6.88. The van der Waals surface area contributed by atoms with Gasteiger partial charge >= 0.3 is 0 Å². The lowest BCUT2D eigenvalue weighted by atomic mass is 9.90. The second-order valence-electron chi connectivity index (χ2n) is 6.03. The molecule has 0 aliphatic heterocycles. The van der Waals surface area contributed by atoms with Crippen LogP contribution in [0.1, 0.15) is 52.0 Å². The van der Waals surface area contributed by atoms with Gasteiger partial charge in [-0.05, 0) is 24.8 Å². The molecule has 1 aromatic heterocycles. The molecule has 1 aromatic rings. The fourth-order valence-corrected chi connectivity index (χ4v) is 2.76. The van der Waals surface area contributed by atoms with Gasteiger partial charge in [0.2, 0.25) is 5.91 Å². The lowest BCUT2D eigenvalue weighted by Crippen LogP contribution is -2.44. The van der Waals surface area contributed by atoms with Crippen LogP contribution < -0.4 is 5.32 Å². The molecule has 1 aliphatic rings. The van der Waals surface area contributed by atoms with Crippen molar-refractivity contribution in [3.63, 3.8) is 0 Å². The number of hydrogen-bond donors (Lipinski definition) is 2. The average molecular weight is 279 g/mol. The van der Waals surface area contributed by atoms with E-state index >= 15 is 0 Å². The van der Waals surface area contributed by atoms with Crippen molar-refractivity contribution in [2.24, 2.45) is 5.92 Å². The number of aliphatic hydroxyl groups excluding tert-OH is 1. The molecule has 1 amide bonds. The Hall–Kier alpha value is -1.36. The summed E-state index contributed by atoms with van der Waals surface area (Å²) in [6.45, 7) is 3.84. The summed E-state index contributed by atoms with van der Waals surface area (Å²) in [6.07, 6.45) is 7.67. The molecule has 0 radical (unpaired) electrons. The maximum Gasteiger partial charge on any atom is 0.222 e. The largest absolute Gasteiger partial charge is 0.392 e. The second-order valence-corrected chi connectivity index (χ2v) is 6.03. The van der Waals surface area contributed by atoms with E-state index in [1.807, 2.05) is 30.8 Å².